The number of fused-ring (bicyclic) bond motifs is 5. The van der Waals surface area contributed by atoms with Crippen LogP contribution in [0.15, 0.2) is 11.1 Å². The minimum absolute atomic E-state index is 0.0467. The molecule has 0 heterocycles. The molecule has 4 rings (SSSR count). The monoisotopic (exact) mass is 962 g/mol. The number of hydrogen-bond donors (Lipinski definition) is 4. The van der Waals surface area contributed by atoms with Crippen LogP contribution in [-0.4, -0.2) is 107 Å². The van der Waals surface area contributed by atoms with Crippen molar-refractivity contribution >= 4 is 42.0 Å². The Hall–Kier alpha value is -4.41. The van der Waals surface area contributed by atoms with Crippen LogP contribution in [-0.2, 0) is 47.6 Å². The number of alkyl carbamates (subject to hydrolysis) is 3. The molecule has 386 valence electrons. The van der Waals surface area contributed by atoms with Gasteiger partial charge >= 0.3 is 36.2 Å². The van der Waals surface area contributed by atoms with Gasteiger partial charge in [0.1, 0.15) is 54.4 Å². The number of Topliss-reactive ketones (excluding diaryl/α,β-unsaturated/α-hetero) is 1. The summed E-state index contributed by atoms with van der Waals surface area (Å²) >= 11 is 0. The summed E-state index contributed by atoms with van der Waals surface area (Å²) in [5.41, 5.74) is -3.77. The molecule has 0 bridgehead atoms. The van der Waals surface area contributed by atoms with Crippen molar-refractivity contribution in [2.45, 2.75) is 210 Å². The van der Waals surface area contributed by atoms with Crippen molar-refractivity contribution in [3.63, 3.8) is 0 Å². The van der Waals surface area contributed by atoms with Gasteiger partial charge in [-0.2, -0.15) is 0 Å². The van der Waals surface area contributed by atoms with Gasteiger partial charge in [0.15, 0.2) is 6.10 Å². The van der Waals surface area contributed by atoms with Gasteiger partial charge < -0.3 is 49.5 Å². The number of amides is 3. The zero-order valence-electron chi connectivity index (χ0n) is 44.0. The highest BCUT2D eigenvalue weighted by Gasteiger charge is 2.70. The fourth-order valence-corrected chi connectivity index (χ4v) is 12.1. The lowest BCUT2D eigenvalue weighted by molar-refractivity contribution is -0.217. The second kappa shape index (κ2) is 20.1. The van der Waals surface area contributed by atoms with E-state index in [-0.39, 0.29) is 40.8 Å². The number of rotatable bonds is 14. The fourth-order valence-electron chi connectivity index (χ4n) is 12.1. The number of aliphatic hydroxyl groups is 1. The van der Waals surface area contributed by atoms with Crippen molar-refractivity contribution in [1.82, 2.24) is 16.0 Å². The lowest BCUT2D eigenvalue weighted by Gasteiger charge is -2.69. The van der Waals surface area contributed by atoms with E-state index in [1.54, 1.807) is 62.3 Å². The lowest BCUT2D eigenvalue weighted by Crippen LogP contribution is -2.66. The average molecular weight is 962 g/mol. The summed E-state index contributed by atoms with van der Waals surface area (Å²) in [5.74, 6) is -2.62. The summed E-state index contributed by atoms with van der Waals surface area (Å²) < 4.78 is 34.4. The van der Waals surface area contributed by atoms with Gasteiger partial charge in [-0.1, -0.05) is 52.7 Å². The van der Waals surface area contributed by atoms with Crippen molar-refractivity contribution in [3.05, 3.63) is 11.1 Å². The smallest absolute Gasteiger partial charge is 0.408 e. The third kappa shape index (κ3) is 13.3. The Bertz CT molecular complexity index is 1970. The summed E-state index contributed by atoms with van der Waals surface area (Å²) in [7, 11) is 0. The van der Waals surface area contributed by atoms with Crippen LogP contribution in [0.25, 0.3) is 0 Å². The predicted octanol–water partition coefficient (Wildman–Crippen LogP) is 8.02. The standard InChI is InChI=1S/C51H83N3O14/c1-29(24-33(64-37(57)27-53-42(60)67-45(5,6)7)40(48(13,14)62)65-38(58)28-54-43(61)68-46(8,9)10)30-18-22-50(16)31(30)25-32(63-36(56)26-52-41(59)66-44(2,3)4)39-49(15)21-20-35(55)47(11,12)34(49)19-23-51(39,50)17/h29,32-34,39-40,62H,18-28H2,1-17H3,(H,52,59)(H,53,60)(H,54,61)/t29-,32+,33+,34+,39+,40-,49+,50+,51+/m1/s1. The van der Waals surface area contributed by atoms with Gasteiger partial charge in [-0.15, -0.1) is 0 Å². The van der Waals surface area contributed by atoms with Gasteiger partial charge in [0, 0.05) is 24.2 Å². The minimum Gasteiger partial charge on any atom is -0.460 e. The average Bonchev–Trinajstić information content (AvgIpc) is 3.51. The fraction of sp³-hybridized carbons (Fsp3) is 0.824. The topological polar surface area (TPSA) is 231 Å². The molecule has 9 atom stereocenters. The van der Waals surface area contributed by atoms with Gasteiger partial charge in [-0.25, -0.2) is 14.4 Å². The first kappa shape index (κ1) is 56.2. The normalized spacial score (nSPS) is 28.3. The van der Waals surface area contributed by atoms with Crippen LogP contribution >= 0.6 is 0 Å². The molecule has 0 aromatic carbocycles. The molecule has 0 aromatic heterocycles. The molecular formula is C51H83N3O14. The Morgan fingerprint density at radius 3 is 1.62 bits per heavy atom. The van der Waals surface area contributed by atoms with Gasteiger partial charge in [0.25, 0.3) is 0 Å². The van der Waals surface area contributed by atoms with Crippen LogP contribution in [0.1, 0.15) is 169 Å². The molecule has 4 N–H and O–H groups in total. The van der Waals surface area contributed by atoms with E-state index in [4.69, 9.17) is 28.4 Å². The number of allylic oxidation sites excluding steroid dienone is 1. The first-order valence-electron chi connectivity index (χ1n) is 24.3. The van der Waals surface area contributed by atoms with Crippen LogP contribution in [0.2, 0.25) is 0 Å². The number of nitrogens with one attached hydrogen (secondary N) is 3. The molecular weight excluding hydrogens is 879 g/mol. The second-order valence-corrected chi connectivity index (χ2v) is 24.5. The zero-order valence-corrected chi connectivity index (χ0v) is 44.0. The lowest BCUT2D eigenvalue weighted by atomic mass is 9.36. The molecule has 4 aliphatic carbocycles. The van der Waals surface area contributed by atoms with E-state index in [0.717, 1.165) is 30.4 Å². The van der Waals surface area contributed by atoms with E-state index < -0.39 is 107 Å². The van der Waals surface area contributed by atoms with Crippen LogP contribution in [0.4, 0.5) is 14.4 Å². The SMILES string of the molecule is C[C@H](C[C@H](OC(=O)CNC(=O)OC(C)(C)C)[C@@H](OC(=O)CNC(=O)OC(C)(C)C)C(C)(C)O)C1=C2C[C@H](OC(=O)CNC(=O)OC(C)(C)C)[C@H]3[C@@]4(C)CCC(=O)C(C)(C)[C@@H]4CC[C@]3(C)[C@@]2(C)CC1. The third-order valence-corrected chi connectivity index (χ3v) is 15.0. The van der Waals surface area contributed by atoms with Crippen molar-refractivity contribution in [1.29, 1.82) is 0 Å². The number of carbonyl (C=O) groups is 7. The molecule has 0 saturated heterocycles. The maximum absolute atomic E-state index is 13.9. The summed E-state index contributed by atoms with van der Waals surface area (Å²) in [5, 5.41) is 18.9. The molecule has 0 aromatic rings. The maximum atomic E-state index is 13.9. The molecule has 3 amide bonds. The molecule has 0 spiro atoms. The number of ketones is 1. The Morgan fingerprint density at radius 2 is 1.15 bits per heavy atom. The Labute approximate surface area is 404 Å². The highest BCUT2D eigenvalue weighted by Crippen LogP contribution is 2.74. The first-order valence-corrected chi connectivity index (χ1v) is 24.3. The van der Waals surface area contributed by atoms with Crippen LogP contribution in [0.3, 0.4) is 0 Å². The Kier molecular flexibility index (Phi) is 16.6. The second-order valence-electron chi connectivity index (χ2n) is 24.5. The molecule has 3 saturated carbocycles. The van der Waals surface area contributed by atoms with Crippen molar-refractivity contribution in [2.75, 3.05) is 19.6 Å². The highest BCUT2D eigenvalue weighted by molar-refractivity contribution is 5.85. The summed E-state index contributed by atoms with van der Waals surface area (Å²) in [6.07, 6.45) is -1.22. The molecule has 4 aliphatic rings. The number of esters is 3. The predicted molar refractivity (Wildman–Crippen MR) is 252 cm³/mol. The molecule has 0 aliphatic heterocycles. The molecule has 3 fully saturated rings. The third-order valence-electron chi connectivity index (χ3n) is 15.0. The molecule has 0 radical (unpaired) electrons. The van der Waals surface area contributed by atoms with E-state index in [9.17, 15) is 38.7 Å². The summed E-state index contributed by atoms with van der Waals surface area (Å²) in [4.78, 5) is 91.9. The molecule has 17 nitrogen and oxygen atoms in total. The molecule has 68 heavy (non-hydrogen) atoms. The van der Waals surface area contributed by atoms with Gasteiger partial charge in [-0.3, -0.25) is 19.2 Å². The van der Waals surface area contributed by atoms with Crippen molar-refractivity contribution in [2.24, 2.45) is 39.4 Å². The van der Waals surface area contributed by atoms with E-state index in [0.29, 0.717) is 25.7 Å². The Morgan fingerprint density at radius 1 is 0.676 bits per heavy atom. The van der Waals surface area contributed by atoms with Crippen molar-refractivity contribution in [3.8, 4) is 0 Å². The maximum Gasteiger partial charge on any atom is 0.408 e. The molecule has 17 heteroatoms. The van der Waals surface area contributed by atoms with Gasteiger partial charge in [0.05, 0.1) is 5.60 Å². The first-order chi connectivity index (χ1) is 30.8. The number of hydrogen-bond acceptors (Lipinski definition) is 14. The van der Waals surface area contributed by atoms with Crippen molar-refractivity contribution < 1.29 is 67.1 Å². The van der Waals surface area contributed by atoms with E-state index in [2.05, 4.69) is 36.7 Å². The van der Waals surface area contributed by atoms with Crippen LogP contribution < -0.4 is 16.0 Å². The van der Waals surface area contributed by atoms with Gasteiger partial charge in [-0.05, 0) is 143 Å². The van der Waals surface area contributed by atoms with Crippen LogP contribution in [0.5, 0.6) is 0 Å². The van der Waals surface area contributed by atoms with E-state index in [1.165, 1.54) is 13.8 Å². The van der Waals surface area contributed by atoms with E-state index in [1.807, 2.05) is 20.8 Å². The number of carbonyl (C=O) groups excluding carboxylic acids is 7. The Balaban J connectivity index is 1.74. The summed E-state index contributed by atoms with van der Waals surface area (Å²) in [6, 6.07) is 0. The van der Waals surface area contributed by atoms with E-state index >= 15 is 0 Å². The van der Waals surface area contributed by atoms with Crippen LogP contribution in [0, 0.1) is 39.4 Å². The minimum atomic E-state index is -1.78. The quantitative estimate of drug-likeness (QED) is 0.0734. The summed E-state index contributed by atoms with van der Waals surface area (Å²) in [6.45, 7) is 29.4. The zero-order chi connectivity index (χ0) is 51.8. The molecule has 0 unspecified atom stereocenters. The highest BCUT2D eigenvalue weighted by atomic mass is 16.6. The van der Waals surface area contributed by atoms with Gasteiger partial charge in [0.2, 0.25) is 0 Å². The number of ether oxygens (including phenoxy) is 6. The largest absolute Gasteiger partial charge is 0.460 e.